The highest BCUT2D eigenvalue weighted by Crippen LogP contribution is 2.34. The van der Waals surface area contributed by atoms with Gasteiger partial charge in [0.25, 0.3) is 0 Å². The van der Waals surface area contributed by atoms with Gasteiger partial charge in [-0.1, -0.05) is 77.6 Å². The molecule has 0 radical (unpaired) electrons. The Labute approximate surface area is 173 Å². The molecule has 0 spiro atoms. The van der Waals surface area contributed by atoms with Crippen molar-refractivity contribution in [2.75, 3.05) is 0 Å². The molecular formula is C24H35F3O2. The standard InChI is InChI=1S/C24H35F3O2/c1-2-3-4-5-6-7-8-19-9-11-20(12-10-19)13-18-23(28)29-22-16-14-21(15-17-22)24(25,26)27/h14-17,19-20H,2-13,18H2,1H3. The lowest BCUT2D eigenvalue weighted by Crippen LogP contribution is -2.17. The van der Waals surface area contributed by atoms with Crippen LogP contribution in [0.5, 0.6) is 5.75 Å². The molecule has 0 amide bonds. The third-order valence-corrected chi connectivity index (χ3v) is 6.10. The van der Waals surface area contributed by atoms with Crippen LogP contribution < -0.4 is 4.74 Å². The number of alkyl halides is 3. The number of esters is 1. The van der Waals surface area contributed by atoms with Crippen molar-refractivity contribution in [2.24, 2.45) is 11.8 Å². The van der Waals surface area contributed by atoms with Crippen molar-refractivity contribution >= 4 is 5.97 Å². The summed E-state index contributed by atoms with van der Waals surface area (Å²) in [5, 5.41) is 0. The topological polar surface area (TPSA) is 26.3 Å². The van der Waals surface area contributed by atoms with Crippen molar-refractivity contribution in [1.82, 2.24) is 0 Å². The average molecular weight is 413 g/mol. The fourth-order valence-corrected chi connectivity index (χ4v) is 4.24. The number of ether oxygens (including phenoxy) is 1. The molecule has 2 rings (SSSR count). The average Bonchev–Trinajstić information content (AvgIpc) is 2.70. The molecule has 0 heterocycles. The second kappa shape index (κ2) is 12.2. The van der Waals surface area contributed by atoms with Crippen molar-refractivity contribution < 1.29 is 22.7 Å². The van der Waals surface area contributed by atoms with Crippen LogP contribution in [-0.2, 0) is 11.0 Å². The summed E-state index contributed by atoms with van der Waals surface area (Å²) in [6, 6.07) is 4.28. The van der Waals surface area contributed by atoms with Gasteiger partial charge >= 0.3 is 12.1 Å². The number of rotatable bonds is 11. The van der Waals surface area contributed by atoms with Crippen molar-refractivity contribution in [3.8, 4) is 5.75 Å². The highest BCUT2D eigenvalue weighted by Gasteiger charge is 2.30. The van der Waals surface area contributed by atoms with E-state index in [4.69, 9.17) is 4.74 Å². The SMILES string of the molecule is CCCCCCCCC1CCC(CCC(=O)Oc2ccc(C(F)(F)F)cc2)CC1. The minimum atomic E-state index is -4.38. The first-order valence-electron chi connectivity index (χ1n) is 11.3. The smallest absolute Gasteiger partial charge is 0.416 e. The Morgan fingerprint density at radius 3 is 2.03 bits per heavy atom. The molecule has 164 valence electrons. The number of hydrogen-bond acceptors (Lipinski definition) is 2. The van der Waals surface area contributed by atoms with Crippen molar-refractivity contribution in [2.45, 2.75) is 96.6 Å². The zero-order valence-corrected chi connectivity index (χ0v) is 17.6. The number of hydrogen-bond donors (Lipinski definition) is 0. The maximum absolute atomic E-state index is 12.6. The van der Waals surface area contributed by atoms with Crippen LogP contribution in [0.15, 0.2) is 24.3 Å². The molecule has 1 aliphatic carbocycles. The quantitative estimate of drug-likeness (QED) is 0.209. The number of unbranched alkanes of at least 4 members (excludes halogenated alkanes) is 5. The summed E-state index contributed by atoms with van der Waals surface area (Å²) >= 11 is 0. The monoisotopic (exact) mass is 412 g/mol. The largest absolute Gasteiger partial charge is 0.427 e. The lowest BCUT2D eigenvalue weighted by atomic mass is 9.78. The second-order valence-electron chi connectivity index (χ2n) is 8.48. The van der Waals surface area contributed by atoms with E-state index in [-0.39, 0.29) is 11.7 Å². The van der Waals surface area contributed by atoms with E-state index < -0.39 is 11.7 Å². The molecule has 2 nitrogen and oxygen atoms in total. The van der Waals surface area contributed by atoms with Gasteiger partial charge in [0.05, 0.1) is 5.56 Å². The zero-order valence-electron chi connectivity index (χ0n) is 17.6. The maximum Gasteiger partial charge on any atom is 0.416 e. The molecule has 1 saturated carbocycles. The van der Waals surface area contributed by atoms with Gasteiger partial charge in [-0.15, -0.1) is 0 Å². The van der Waals surface area contributed by atoms with E-state index in [1.165, 1.54) is 82.8 Å². The molecule has 0 unspecified atom stereocenters. The Hall–Kier alpha value is -1.52. The Bertz CT molecular complexity index is 587. The summed E-state index contributed by atoms with van der Waals surface area (Å²) in [4.78, 5) is 12.0. The molecule has 29 heavy (non-hydrogen) atoms. The third-order valence-electron chi connectivity index (χ3n) is 6.10. The van der Waals surface area contributed by atoms with Crippen LogP contribution >= 0.6 is 0 Å². The molecule has 1 aromatic rings. The van der Waals surface area contributed by atoms with Gasteiger partial charge in [-0.25, -0.2) is 0 Å². The first-order valence-corrected chi connectivity index (χ1v) is 11.3. The van der Waals surface area contributed by atoms with Gasteiger partial charge in [-0.3, -0.25) is 4.79 Å². The Morgan fingerprint density at radius 1 is 0.897 bits per heavy atom. The predicted octanol–water partition coefficient (Wildman–Crippen LogP) is 7.95. The van der Waals surface area contributed by atoms with E-state index in [2.05, 4.69) is 6.92 Å². The number of carbonyl (C=O) groups excluding carboxylic acids is 1. The first kappa shape index (κ1) is 23.8. The summed E-state index contributed by atoms with van der Waals surface area (Å²) in [5.41, 5.74) is -0.741. The molecule has 0 saturated heterocycles. The fraction of sp³-hybridized carbons (Fsp3) is 0.708. The molecular weight excluding hydrogens is 377 g/mol. The Balaban J connectivity index is 1.58. The van der Waals surface area contributed by atoms with E-state index >= 15 is 0 Å². The van der Waals surface area contributed by atoms with Crippen LogP contribution in [-0.4, -0.2) is 5.97 Å². The van der Waals surface area contributed by atoms with Crippen LogP contribution in [0.2, 0.25) is 0 Å². The molecule has 0 N–H and O–H groups in total. The summed E-state index contributed by atoms with van der Waals surface area (Å²) in [6.07, 6.45) is 11.0. The van der Waals surface area contributed by atoms with Gasteiger partial charge in [0.2, 0.25) is 0 Å². The molecule has 0 atom stereocenters. The van der Waals surface area contributed by atoms with E-state index in [9.17, 15) is 18.0 Å². The molecule has 1 aliphatic rings. The van der Waals surface area contributed by atoms with Crippen molar-refractivity contribution in [1.29, 1.82) is 0 Å². The van der Waals surface area contributed by atoms with Crippen LogP contribution in [0, 0.1) is 11.8 Å². The highest BCUT2D eigenvalue weighted by atomic mass is 19.4. The summed E-state index contributed by atoms with van der Waals surface area (Å²) in [5.74, 6) is 1.22. The van der Waals surface area contributed by atoms with Gasteiger partial charge in [-0.05, 0) is 42.5 Å². The molecule has 0 bridgehead atoms. The summed E-state index contributed by atoms with van der Waals surface area (Å²) in [6.45, 7) is 2.24. The van der Waals surface area contributed by atoms with E-state index in [0.717, 1.165) is 24.5 Å². The van der Waals surface area contributed by atoms with Gasteiger partial charge in [-0.2, -0.15) is 13.2 Å². The van der Waals surface area contributed by atoms with Crippen LogP contribution in [0.25, 0.3) is 0 Å². The van der Waals surface area contributed by atoms with Crippen molar-refractivity contribution in [3.05, 3.63) is 29.8 Å². The lowest BCUT2D eigenvalue weighted by molar-refractivity contribution is -0.137. The zero-order chi connectivity index (χ0) is 21.1. The Kier molecular flexibility index (Phi) is 10.0. The molecule has 0 aromatic heterocycles. The van der Waals surface area contributed by atoms with E-state index in [1.807, 2.05) is 0 Å². The number of benzene rings is 1. The number of halogens is 3. The maximum atomic E-state index is 12.6. The molecule has 5 heteroatoms. The summed E-state index contributed by atoms with van der Waals surface area (Å²) in [7, 11) is 0. The van der Waals surface area contributed by atoms with Crippen molar-refractivity contribution in [3.63, 3.8) is 0 Å². The van der Waals surface area contributed by atoms with E-state index in [0.29, 0.717) is 12.3 Å². The lowest BCUT2D eigenvalue weighted by Gasteiger charge is -2.28. The predicted molar refractivity (Wildman–Crippen MR) is 110 cm³/mol. The van der Waals surface area contributed by atoms with Gasteiger partial charge < -0.3 is 4.74 Å². The molecule has 1 fully saturated rings. The third kappa shape index (κ3) is 9.22. The minimum absolute atomic E-state index is 0.172. The molecule has 0 aliphatic heterocycles. The van der Waals surface area contributed by atoms with Crippen LogP contribution in [0.4, 0.5) is 13.2 Å². The Morgan fingerprint density at radius 2 is 1.45 bits per heavy atom. The van der Waals surface area contributed by atoms with Crippen LogP contribution in [0.1, 0.15) is 96.0 Å². The normalized spacial score (nSPS) is 19.9. The second-order valence-corrected chi connectivity index (χ2v) is 8.48. The van der Waals surface area contributed by atoms with E-state index in [1.54, 1.807) is 0 Å². The minimum Gasteiger partial charge on any atom is -0.427 e. The van der Waals surface area contributed by atoms with Crippen LogP contribution in [0.3, 0.4) is 0 Å². The fourth-order valence-electron chi connectivity index (χ4n) is 4.24. The summed E-state index contributed by atoms with van der Waals surface area (Å²) < 4.78 is 42.9. The van der Waals surface area contributed by atoms with Gasteiger partial charge in [0.1, 0.15) is 5.75 Å². The number of carbonyl (C=O) groups is 1. The highest BCUT2D eigenvalue weighted by molar-refractivity contribution is 5.72. The van der Waals surface area contributed by atoms with Gasteiger partial charge in [0, 0.05) is 6.42 Å². The van der Waals surface area contributed by atoms with Gasteiger partial charge in [0.15, 0.2) is 0 Å². The molecule has 1 aromatic carbocycles. The first-order chi connectivity index (χ1) is 13.9.